The molecule has 1 aliphatic rings. The first kappa shape index (κ1) is 23.7. The summed E-state index contributed by atoms with van der Waals surface area (Å²) in [5.74, 6) is -0.404. The molecule has 1 aromatic heterocycles. The summed E-state index contributed by atoms with van der Waals surface area (Å²) in [5.41, 5.74) is 1.86. The normalized spacial score (nSPS) is 13.1. The maximum atomic E-state index is 13.0. The second-order valence-electron chi connectivity index (χ2n) is 7.67. The number of nitro groups is 1. The van der Waals surface area contributed by atoms with Gasteiger partial charge in [-0.2, -0.15) is 0 Å². The Morgan fingerprint density at radius 2 is 1.85 bits per heavy atom. The lowest BCUT2D eigenvalue weighted by molar-refractivity contribution is -0.385. The van der Waals surface area contributed by atoms with Crippen molar-refractivity contribution in [2.75, 3.05) is 16.6 Å². The third kappa shape index (κ3) is 4.90. The molecular formula is C23H23N3O6S2. The standard InChI is InChI=1S/C23H23N3O6S2/c1-2-32-23(27)21-17-10-3-6-13-20(17)33-22(21)24-18-11-4-5-12-19(18)25-34(30,31)16-9-7-8-15(14-16)26(28)29/h4-5,7-9,11-12,14,24-25H,2-3,6,10,13H2,1H3. The summed E-state index contributed by atoms with van der Waals surface area (Å²) >= 11 is 1.48. The average molecular weight is 502 g/mol. The molecule has 0 saturated heterocycles. The molecule has 0 unspecified atom stereocenters. The molecule has 0 amide bonds. The van der Waals surface area contributed by atoms with Gasteiger partial charge in [0.05, 0.1) is 33.4 Å². The zero-order valence-electron chi connectivity index (χ0n) is 18.4. The van der Waals surface area contributed by atoms with E-state index >= 15 is 0 Å². The van der Waals surface area contributed by atoms with Crippen LogP contribution in [-0.2, 0) is 27.6 Å². The minimum absolute atomic E-state index is 0.227. The SMILES string of the molecule is CCOC(=O)c1c(Nc2ccccc2NS(=O)(=O)c2cccc([N+](=O)[O-])c2)sc2c1CCCC2. The van der Waals surface area contributed by atoms with Crippen LogP contribution in [0.25, 0.3) is 0 Å². The van der Waals surface area contributed by atoms with Crippen LogP contribution in [0.15, 0.2) is 53.4 Å². The molecule has 1 aliphatic carbocycles. The van der Waals surface area contributed by atoms with E-state index in [4.69, 9.17) is 4.74 Å². The zero-order chi connectivity index (χ0) is 24.3. The molecule has 2 N–H and O–H groups in total. The Hall–Kier alpha value is -3.44. The number of benzene rings is 2. The highest BCUT2D eigenvalue weighted by Crippen LogP contribution is 2.41. The van der Waals surface area contributed by atoms with Crippen LogP contribution in [0.5, 0.6) is 0 Å². The van der Waals surface area contributed by atoms with Crippen molar-refractivity contribution >= 4 is 49.4 Å². The Labute approximate surface area is 201 Å². The van der Waals surface area contributed by atoms with Gasteiger partial charge in [-0.15, -0.1) is 11.3 Å². The Morgan fingerprint density at radius 1 is 1.12 bits per heavy atom. The van der Waals surface area contributed by atoms with E-state index in [1.165, 1.54) is 29.5 Å². The second kappa shape index (κ2) is 9.82. The van der Waals surface area contributed by atoms with Gasteiger partial charge in [0.15, 0.2) is 0 Å². The fourth-order valence-corrected chi connectivity index (χ4v) is 6.25. The van der Waals surface area contributed by atoms with E-state index < -0.39 is 20.9 Å². The molecule has 0 radical (unpaired) electrons. The number of carbonyl (C=O) groups excluding carboxylic acids is 1. The number of fused-ring (bicyclic) bond motifs is 1. The number of nitrogens with zero attached hydrogens (tertiary/aromatic N) is 1. The van der Waals surface area contributed by atoms with Crippen LogP contribution in [0, 0.1) is 10.1 Å². The Kier molecular flexibility index (Phi) is 6.85. The fourth-order valence-electron chi connectivity index (χ4n) is 3.84. The van der Waals surface area contributed by atoms with Crippen molar-refractivity contribution in [3.05, 3.63) is 74.6 Å². The zero-order valence-corrected chi connectivity index (χ0v) is 20.0. The van der Waals surface area contributed by atoms with Gasteiger partial charge in [-0.05, 0) is 56.4 Å². The van der Waals surface area contributed by atoms with E-state index in [2.05, 4.69) is 10.0 Å². The van der Waals surface area contributed by atoms with Crippen LogP contribution in [0.4, 0.5) is 22.1 Å². The number of thiophene rings is 1. The molecule has 9 nitrogen and oxygen atoms in total. The van der Waals surface area contributed by atoms with Crippen molar-refractivity contribution < 1.29 is 22.9 Å². The molecule has 0 aliphatic heterocycles. The number of ether oxygens (including phenoxy) is 1. The number of carbonyl (C=O) groups is 1. The summed E-state index contributed by atoms with van der Waals surface area (Å²) in [7, 11) is -4.10. The first-order valence-electron chi connectivity index (χ1n) is 10.7. The highest BCUT2D eigenvalue weighted by atomic mass is 32.2. The van der Waals surface area contributed by atoms with Crippen molar-refractivity contribution in [2.24, 2.45) is 0 Å². The maximum Gasteiger partial charge on any atom is 0.341 e. The molecule has 0 bridgehead atoms. The Morgan fingerprint density at radius 3 is 2.59 bits per heavy atom. The number of anilines is 3. The van der Waals surface area contributed by atoms with Crippen molar-refractivity contribution in [1.82, 2.24) is 0 Å². The van der Waals surface area contributed by atoms with E-state index in [1.54, 1.807) is 31.2 Å². The van der Waals surface area contributed by atoms with Gasteiger partial charge < -0.3 is 10.1 Å². The third-order valence-electron chi connectivity index (χ3n) is 5.41. The second-order valence-corrected chi connectivity index (χ2v) is 10.5. The van der Waals surface area contributed by atoms with E-state index in [9.17, 15) is 23.3 Å². The van der Waals surface area contributed by atoms with Crippen molar-refractivity contribution in [3.63, 3.8) is 0 Å². The number of non-ortho nitro benzene ring substituents is 1. The molecular weight excluding hydrogens is 478 g/mol. The van der Waals surface area contributed by atoms with E-state index in [-0.39, 0.29) is 22.9 Å². The van der Waals surface area contributed by atoms with Crippen LogP contribution in [-0.4, -0.2) is 25.9 Å². The Balaban J connectivity index is 1.68. The predicted molar refractivity (Wildman–Crippen MR) is 131 cm³/mol. The number of aryl methyl sites for hydroxylation is 1. The Bertz CT molecular complexity index is 1350. The molecule has 0 fully saturated rings. The molecule has 1 heterocycles. The van der Waals surface area contributed by atoms with Gasteiger partial charge in [0.1, 0.15) is 5.00 Å². The minimum atomic E-state index is -4.10. The lowest BCUT2D eigenvalue weighted by Crippen LogP contribution is -2.14. The van der Waals surface area contributed by atoms with E-state index in [0.717, 1.165) is 42.2 Å². The number of rotatable bonds is 8. The average Bonchev–Trinajstić information content (AvgIpc) is 3.18. The molecule has 0 spiro atoms. The smallest absolute Gasteiger partial charge is 0.341 e. The van der Waals surface area contributed by atoms with Gasteiger partial charge in [0.25, 0.3) is 15.7 Å². The van der Waals surface area contributed by atoms with Crippen LogP contribution in [0.2, 0.25) is 0 Å². The fraction of sp³-hybridized carbons (Fsp3) is 0.261. The van der Waals surface area contributed by atoms with Crippen LogP contribution in [0.3, 0.4) is 0 Å². The first-order valence-corrected chi connectivity index (χ1v) is 13.0. The molecule has 4 rings (SSSR count). The monoisotopic (exact) mass is 501 g/mol. The third-order valence-corrected chi connectivity index (χ3v) is 7.98. The number of hydrogen-bond donors (Lipinski definition) is 2. The number of sulfonamides is 1. The molecule has 34 heavy (non-hydrogen) atoms. The number of hydrogen-bond acceptors (Lipinski definition) is 8. The minimum Gasteiger partial charge on any atom is -0.462 e. The van der Waals surface area contributed by atoms with E-state index in [0.29, 0.717) is 16.3 Å². The molecule has 0 saturated carbocycles. The molecule has 11 heteroatoms. The van der Waals surface area contributed by atoms with Gasteiger partial charge >= 0.3 is 5.97 Å². The van der Waals surface area contributed by atoms with Crippen molar-refractivity contribution in [1.29, 1.82) is 0 Å². The summed E-state index contributed by atoms with van der Waals surface area (Å²) in [5, 5.41) is 14.9. The summed E-state index contributed by atoms with van der Waals surface area (Å²) in [4.78, 5) is 24.1. The lowest BCUT2D eigenvalue weighted by Gasteiger charge is -2.15. The van der Waals surface area contributed by atoms with Crippen molar-refractivity contribution in [3.8, 4) is 0 Å². The quantitative estimate of drug-likeness (QED) is 0.245. The van der Waals surface area contributed by atoms with Gasteiger partial charge in [0.2, 0.25) is 0 Å². The molecule has 178 valence electrons. The molecule has 2 aromatic carbocycles. The predicted octanol–water partition coefficient (Wildman–Crippen LogP) is 5.26. The largest absolute Gasteiger partial charge is 0.462 e. The van der Waals surface area contributed by atoms with Crippen molar-refractivity contribution in [2.45, 2.75) is 37.5 Å². The molecule has 3 aromatic rings. The topological polar surface area (TPSA) is 128 Å². The van der Waals surface area contributed by atoms with Crippen LogP contribution >= 0.6 is 11.3 Å². The summed E-state index contributed by atoms with van der Waals surface area (Å²) in [6.45, 7) is 2.00. The maximum absolute atomic E-state index is 13.0. The number of para-hydroxylation sites is 2. The van der Waals surface area contributed by atoms with Gasteiger partial charge in [0, 0.05) is 17.0 Å². The first-order chi connectivity index (χ1) is 16.3. The lowest BCUT2D eigenvalue weighted by atomic mass is 9.95. The van der Waals surface area contributed by atoms with Gasteiger partial charge in [-0.3, -0.25) is 14.8 Å². The highest BCUT2D eigenvalue weighted by Gasteiger charge is 2.27. The number of nitro benzene ring substituents is 1. The number of esters is 1. The number of nitrogens with one attached hydrogen (secondary N) is 2. The summed E-state index contributed by atoms with van der Waals surface area (Å²) in [6, 6.07) is 11.5. The van der Waals surface area contributed by atoms with Crippen LogP contribution < -0.4 is 10.0 Å². The highest BCUT2D eigenvalue weighted by molar-refractivity contribution is 7.92. The summed E-state index contributed by atoms with van der Waals surface area (Å²) < 4.78 is 33.7. The van der Waals surface area contributed by atoms with Crippen LogP contribution in [0.1, 0.15) is 40.6 Å². The van der Waals surface area contributed by atoms with Gasteiger partial charge in [-0.25, -0.2) is 13.2 Å². The van der Waals surface area contributed by atoms with E-state index in [1.807, 2.05) is 0 Å². The summed E-state index contributed by atoms with van der Waals surface area (Å²) in [6.07, 6.45) is 3.72. The van der Waals surface area contributed by atoms with Gasteiger partial charge in [-0.1, -0.05) is 18.2 Å². The molecule has 0 atom stereocenters.